The minimum atomic E-state index is 0.379. The second-order valence-corrected chi connectivity index (χ2v) is 5.77. The smallest absolute Gasteiger partial charge is 0.219 e. The summed E-state index contributed by atoms with van der Waals surface area (Å²) in [7, 11) is 0. The lowest BCUT2D eigenvalue weighted by molar-refractivity contribution is 0.302. The first-order chi connectivity index (χ1) is 11.4. The normalized spacial score (nSPS) is 17.7. The number of aromatic nitrogens is 4. The highest BCUT2D eigenvalue weighted by molar-refractivity contribution is 5.39. The molecule has 1 fully saturated rings. The second-order valence-electron chi connectivity index (χ2n) is 5.77. The molecule has 1 saturated heterocycles. The molecule has 6 nitrogen and oxygen atoms in total. The quantitative estimate of drug-likeness (QED) is 0.779. The van der Waals surface area contributed by atoms with Crippen molar-refractivity contribution in [3.63, 3.8) is 0 Å². The summed E-state index contributed by atoms with van der Waals surface area (Å²) in [5, 5.41) is 12.0. The highest BCUT2D eigenvalue weighted by atomic mass is 16.5. The van der Waals surface area contributed by atoms with Crippen molar-refractivity contribution in [3.8, 4) is 5.88 Å². The Morgan fingerprint density at radius 3 is 2.91 bits per heavy atom. The van der Waals surface area contributed by atoms with Crippen molar-refractivity contribution >= 4 is 5.65 Å². The van der Waals surface area contributed by atoms with E-state index >= 15 is 0 Å². The molecule has 0 aliphatic carbocycles. The highest BCUT2D eigenvalue weighted by Crippen LogP contribution is 2.24. The molecule has 0 bridgehead atoms. The topological polar surface area (TPSA) is 64.3 Å². The van der Waals surface area contributed by atoms with Gasteiger partial charge in [-0.25, -0.2) is 4.40 Å². The average molecular weight is 309 g/mol. The first-order valence-corrected chi connectivity index (χ1v) is 7.98. The van der Waals surface area contributed by atoms with Crippen LogP contribution >= 0.6 is 0 Å². The van der Waals surface area contributed by atoms with Gasteiger partial charge in [0.05, 0.1) is 19.0 Å². The molecule has 6 heteroatoms. The molecule has 1 aliphatic heterocycles. The molecule has 2 aromatic heterocycles. The molecule has 0 amide bonds. The largest absolute Gasteiger partial charge is 0.477 e. The Hall–Kier alpha value is -2.47. The van der Waals surface area contributed by atoms with Crippen LogP contribution in [0.2, 0.25) is 0 Å². The SMILES string of the molecule is c1ccc(CCOc2cncc3nnc(C4CCNC4)n23)cc1. The molecule has 1 N–H and O–H groups in total. The summed E-state index contributed by atoms with van der Waals surface area (Å²) in [5.41, 5.74) is 2.00. The van der Waals surface area contributed by atoms with Gasteiger partial charge < -0.3 is 10.1 Å². The van der Waals surface area contributed by atoms with Crippen LogP contribution in [-0.4, -0.2) is 39.3 Å². The minimum absolute atomic E-state index is 0.379. The fourth-order valence-corrected chi connectivity index (χ4v) is 3.00. The molecular weight excluding hydrogens is 290 g/mol. The summed E-state index contributed by atoms with van der Waals surface area (Å²) in [5.74, 6) is 2.05. The van der Waals surface area contributed by atoms with Gasteiger partial charge >= 0.3 is 0 Å². The molecule has 1 aromatic carbocycles. The van der Waals surface area contributed by atoms with Crippen molar-refractivity contribution < 1.29 is 4.74 Å². The van der Waals surface area contributed by atoms with Crippen molar-refractivity contribution in [3.05, 3.63) is 54.1 Å². The summed E-state index contributed by atoms with van der Waals surface area (Å²) < 4.78 is 7.98. The molecule has 3 aromatic rings. The molecule has 3 heterocycles. The molecule has 0 saturated carbocycles. The predicted molar refractivity (Wildman–Crippen MR) is 86.7 cm³/mol. The zero-order valence-electron chi connectivity index (χ0n) is 12.9. The van der Waals surface area contributed by atoms with E-state index in [1.807, 2.05) is 22.6 Å². The molecule has 1 atom stereocenters. The van der Waals surface area contributed by atoms with E-state index in [0.29, 0.717) is 18.4 Å². The highest BCUT2D eigenvalue weighted by Gasteiger charge is 2.23. The van der Waals surface area contributed by atoms with Gasteiger partial charge in [-0.2, -0.15) is 0 Å². The Bertz CT molecular complexity index is 780. The Morgan fingerprint density at radius 1 is 1.17 bits per heavy atom. The number of hydrogen-bond donors (Lipinski definition) is 1. The lowest BCUT2D eigenvalue weighted by Crippen LogP contribution is -2.12. The predicted octanol–water partition coefficient (Wildman–Crippen LogP) is 1.82. The van der Waals surface area contributed by atoms with Crippen molar-refractivity contribution in [2.24, 2.45) is 0 Å². The van der Waals surface area contributed by atoms with Crippen LogP contribution in [0.4, 0.5) is 0 Å². The molecular formula is C17H19N5O. The summed E-state index contributed by atoms with van der Waals surface area (Å²) in [4.78, 5) is 4.21. The standard InChI is InChI=1S/C17H19N5O/c1-2-4-13(5-3-1)7-9-23-16-12-19-11-15-20-21-17(22(15)16)14-6-8-18-10-14/h1-5,11-12,14,18H,6-10H2. The van der Waals surface area contributed by atoms with Crippen molar-refractivity contribution in [1.29, 1.82) is 0 Å². The molecule has 1 unspecified atom stereocenters. The van der Waals surface area contributed by atoms with Gasteiger partial charge in [0.15, 0.2) is 5.65 Å². The van der Waals surface area contributed by atoms with Gasteiger partial charge in [-0.15, -0.1) is 10.2 Å². The van der Waals surface area contributed by atoms with Crippen molar-refractivity contribution in [2.75, 3.05) is 19.7 Å². The van der Waals surface area contributed by atoms with Crippen LogP contribution in [0.1, 0.15) is 23.7 Å². The number of rotatable bonds is 5. The van der Waals surface area contributed by atoms with Crippen LogP contribution in [0.5, 0.6) is 5.88 Å². The molecule has 0 radical (unpaired) electrons. The number of fused-ring (bicyclic) bond motifs is 1. The Balaban J connectivity index is 1.55. The lowest BCUT2D eigenvalue weighted by atomic mass is 10.1. The van der Waals surface area contributed by atoms with Crippen LogP contribution in [0.3, 0.4) is 0 Å². The summed E-state index contributed by atoms with van der Waals surface area (Å²) in [6, 6.07) is 10.3. The van der Waals surface area contributed by atoms with E-state index in [-0.39, 0.29) is 0 Å². The number of benzene rings is 1. The summed E-state index contributed by atoms with van der Waals surface area (Å²) >= 11 is 0. The van der Waals surface area contributed by atoms with Gasteiger partial charge in [0.25, 0.3) is 0 Å². The third-order valence-electron chi connectivity index (χ3n) is 4.22. The average Bonchev–Trinajstić information content (AvgIpc) is 3.25. The number of ether oxygens (including phenoxy) is 1. The van der Waals surface area contributed by atoms with E-state index in [0.717, 1.165) is 37.4 Å². The zero-order valence-corrected chi connectivity index (χ0v) is 12.9. The van der Waals surface area contributed by atoms with Crippen molar-refractivity contribution in [2.45, 2.75) is 18.8 Å². The zero-order chi connectivity index (χ0) is 15.5. The van der Waals surface area contributed by atoms with Gasteiger partial charge in [-0.3, -0.25) is 4.98 Å². The maximum atomic E-state index is 5.98. The maximum absolute atomic E-state index is 5.98. The Labute approximate surface area is 134 Å². The van der Waals surface area contributed by atoms with Crippen LogP contribution in [0.25, 0.3) is 5.65 Å². The molecule has 118 valence electrons. The molecule has 4 rings (SSSR count). The van der Waals surface area contributed by atoms with Crippen LogP contribution < -0.4 is 10.1 Å². The van der Waals surface area contributed by atoms with Gasteiger partial charge in [0.1, 0.15) is 5.82 Å². The van der Waals surface area contributed by atoms with Crippen LogP contribution in [-0.2, 0) is 6.42 Å². The second kappa shape index (κ2) is 6.34. The van der Waals surface area contributed by atoms with Crippen LogP contribution in [0.15, 0.2) is 42.7 Å². The van der Waals surface area contributed by atoms with Gasteiger partial charge in [0, 0.05) is 18.9 Å². The van der Waals surface area contributed by atoms with Gasteiger partial charge in [-0.05, 0) is 18.5 Å². The van der Waals surface area contributed by atoms with E-state index in [1.165, 1.54) is 5.56 Å². The Kier molecular flexibility index (Phi) is 3.90. The van der Waals surface area contributed by atoms with E-state index in [1.54, 1.807) is 12.4 Å². The van der Waals surface area contributed by atoms with E-state index in [4.69, 9.17) is 4.74 Å². The molecule has 0 spiro atoms. The molecule has 23 heavy (non-hydrogen) atoms. The number of hydrogen-bond acceptors (Lipinski definition) is 5. The minimum Gasteiger partial charge on any atom is -0.477 e. The van der Waals surface area contributed by atoms with E-state index in [2.05, 4.69) is 32.6 Å². The summed E-state index contributed by atoms with van der Waals surface area (Å²) in [6.07, 6.45) is 5.41. The number of nitrogens with one attached hydrogen (secondary N) is 1. The van der Waals surface area contributed by atoms with E-state index in [9.17, 15) is 0 Å². The van der Waals surface area contributed by atoms with Crippen molar-refractivity contribution in [1.82, 2.24) is 24.9 Å². The van der Waals surface area contributed by atoms with Gasteiger partial charge in [0.2, 0.25) is 5.88 Å². The monoisotopic (exact) mass is 309 g/mol. The van der Waals surface area contributed by atoms with Gasteiger partial charge in [-0.1, -0.05) is 30.3 Å². The fraction of sp³-hybridized carbons (Fsp3) is 0.353. The third-order valence-corrected chi connectivity index (χ3v) is 4.22. The lowest BCUT2D eigenvalue weighted by Gasteiger charge is -2.11. The van der Waals surface area contributed by atoms with Crippen LogP contribution in [0, 0.1) is 0 Å². The third kappa shape index (κ3) is 2.90. The first kappa shape index (κ1) is 14.1. The first-order valence-electron chi connectivity index (χ1n) is 7.98. The van der Waals surface area contributed by atoms with E-state index < -0.39 is 0 Å². The fourth-order valence-electron chi connectivity index (χ4n) is 3.00. The number of nitrogens with zero attached hydrogens (tertiary/aromatic N) is 4. The maximum Gasteiger partial charge on any atom is 0.219 e. The molecule has 1 aliphatic rings. The Morgan fingerprint density at radius 2 is 2.09 bits per heavy atom. The summed E-state index contributed by atoms with van der Waals surface area (Å²) in [6.45, 7) is 2.56.